The van der Waals surface area contributed by atoms with Crippen molar-refractivity contribution >= 4 is 0 Å². The fourth-order valence-electron chi connectivity index (χ4n) is 3.91. The van der Waals surface area contributed by atoms with Crippen LogP contribution >= 0.6 is 0 Å². The summed E-state index contributed by atoms with van der Waals surface area (Å²) in [7, 11) is 0. The predicted octanol–water partition coefficient (Wildman–Crippen LogP) is 3.13. The summed E-state index contributed by atoms with van der Waals surface area (Å²) in [4.78, 5) is 2.78. The molecule has 0 radical (unpaired) electrons. The number of likely N-dealkylation sites (tertiary alicyclic amines) is 1. The van der Waals surface area contributed by atoms with Gasteiger partial charge in [0.15, 0.2) is 0 Å². The monoisotopic (exact) mass is 252 g/mol. The van der Waals surface area contributed by atoms with Crippen LogP contribution in [0.3, 0.4) is 0 Å². The van der Waals surface area contributed by atoms with E-state index in [1.54, 1.807) is 0 Å². The van der Waals surface area contributed by atoms with Gasteiger partial charge in [0, 0.05) is 25.2 Å². The molecule has 1 aliphatic carbocycles. The molecule has 0 aromatic rings. The topological polar surface area (TPSA) is 15.3 Å². The molecule has 4 atom stereocenters. The van der Waals surface area contributed by atoms with Crippen LogP contribution in [0, 0.1) is 17.3 Å². The zero-order valence-corrected chi connectivity index (χ0v) is 13.0. The zero-order valence-electron chi connectivity index (χ0n) is 13.0. The first kappa shape index (κ1) is 14.3. The van der Waals surface area contributed by atoms with Crippen LogP contribution in [0.5, 0.6) is 0 Å². The Morgan fingerprint density at radius 2 is 1.78 bits per heavy atom. The first-order chi connectivity index (χ1) is 8.45. The van der Waals surface area contributed by atoms with Gasteiger partial charge in [0.05, 0.1) is 0 Å². The standard InChI is InChI=1S/C16H32N2/c1-6-9-17-15-14(7-8-16(15,4)5)18-10-12(2)13(3)11-18/h12-15,17H,6-11H2,1-5H3. The van der Waals surface area contributed by atoms with Gasteiger partial charge in [0.1, 0.15) is 0 Å². The highest BCUT2D eigenvalue weighted by Crippen LogP contribution is 2.41. The van der Waals surface area contributed by atoms with E-state index in [1.807, 2.05) is 0 Å². The van der Waals surface area contributed by atoms with Crippen molar-refractivity contribution in [3.63, 3.8) is 0 Å². The minimum Gasteiger partial charge on any atom is -0.312 e. The van der Waals surface area contributed by atoms with Gasteiger partial charge >= 0.3 is 0 Å². The molecule has 4 unspecified atom stereocenters. The van der Waals surface area contributed by atoms with E-state index in [2.05, 4.69) is 44.8 Å². The van der Waals surface area contributed by atoms with Crippen LogP contribution in [0.1, 0.15) is 53.9 Å². The fraction of sp³-hybridized carbons (Fsp3) is 1.00. The van der Waals surface area contributed by atoms with Gasteiger partial charge < -0.3 is 5.32 Å². The van der Waals surface area contributed by atoms with Crippen molar-refractivity contribution in [1.82, 2.24) is 10.2 Å². The van der Waals surface area contributed by atoms with E-state index < -0.39 is 0 Å². The Labute approximate surface area is 114 Å². The van der Waals surface area contributed by atoms with Crippen LogP contribution in [0.15, 0.2) is 0 Å². The van der Waals surface area contributed by atoms with Gasteiger partial charge in [-0.3, -0.25) is 4.90 Å². The highest BCUT2D eigenvalue weighted by molar-refractivity contribution is 5.02. The molecule has 2 rings (SSSR count). The van der Waals surface area contributed by atoms with Crippen molar-refractivity contribution in [3.05, 3.63) is 0 Å². The SMILES string of the molecule is CCCNC1C(N2CC(C)C(C)C2)CCC1(C)C. The lowest BCUT2D eigenvalue weighted by atomic mass is 9.86. The number of hydrogen-bond acceptors (Lipinski definition) is 2. The second-order valence-electron chi connectivity index (χ2n) is 7.43. The lowest BCUT2D eigenvalue weighted by Crippen LogP contribution is -2.51. The third kappa shape index (κ3) is 2.75. The average Bonchev–Trinajstić information content (AvgIpc) is 2.77. The van der Waals surface area contributed by atoms with Crippen LogP contribution in [0.25, 0.3) is 0 Å². The number of rotatable bonds is 4. The molecule has 2 nitrogen and oxygen atoms in total. The molecule has 1 saturated carbocycles. The summed E-state index contributed by atoms with van der Waals surface area (Å²) < 4.78 is 0. The molecule has 0 amide bonds. The van der Waals surface area contributed by atoms with E-state index in [9.17, 15) is 0 Å². The largest absolute Gasteiger partial charge is 0.312 e. The van der Waals surface area contributed by atoms with Crippen molar-refractivity contribution in [2.45, 2.75) is 66.0 Å². The lowest BCUT2D eigenvalue weighted by molar-refractivity contribution is 0.165. The molecule has 1 saturated heterocycles. The smallest absolute Gasteiger partial charge is 0.0274 e. The van der Waals surface area contributed by atoms with Gasteiger partial charge in [-0.15, -0.1) is 0 Å². The maximum atomic E-state index is 3.84. The van der Waals surface area contributed by atoms with E-state index in [-0.39, 0.29) is 0 Å². The Hall–Kier alpha value is -0.0800. The molecule has 1 heterocycles. The van der Waals surface area contributed by atoms with Gasteiger partial charge in [0.25, 0.3) is 0 Å². The Morgan fingerprint density at radius 3 is 2.33 bits per heavy atom. The second kappa shape index (κ2) is 5.50. The molecule has 0 spiro atoms. The van der Waals surface area contributed by atoms with Gasteiger partial charge in [-0.05, 0) is 43.1 Å². The summed E-state index contributed by atoms with van der Waals surface area (Å²) in [6, 6.07) is 1.47. The van der Waals surface area contributed by atoms with Crippen LogP contribution in [0.4, 0.5) is 0 Å². The highest BCUT2D eigenvalue weighted by atomic mass is 15.2. The van der Waals surface area contributed by atoms with Crippen LogP contribution in [0.2, 0.25) is 0 Å². The summed E-state index contributed by atoms with van der Waals surface area (Å²) in [6.07, 6.45) is 4.00. The molecule has 1 N–H and O–H groups in total. The third-order valence-electron chi connectivity index (χ3n) is 5.41. The van der Waals surface area contributed by atoms with Crippen molar-refractivity contribution in [2.75, 3.05) is 19.6 Å². The molecule has 2 aliphatic rings. The molecule has 0 bridgehead atoms. The first-order valence-electron chi connectivity index (χ1n) is 7.93. The summed E-state index contributed by atoms with van der Waals surface area (Å²) >= 11 is 0. The molecule has 106 valence electrons. The van der Waals surface area contributed by atoms with Crippen molar-refractivity contribution in [3.8, 4) is 0 Å². The lowest BCUT2D eigenvalue weighted by Gasteiger charge is -2.36. The molecular weight excluding hydrogens is 220 g/mol. The molecule has 18 heavy (non-hydrogen) atoms. The van der Waals surface area contributed by atoms with E-state index >= 15 is 0 Å². The molecule has 1 aliphatic heterocycles. The van der Waals surface area contributed by atoms with E-state index in [4.69, 9.17) is 0 Å². The Bertz CT molecular complexity index is 264. The summed E-state index contributed by atoms with van der Waals surface area (Å²) in [5.41, 5.74) is 0.467. The normalized spacial score (nSPS) is 40.5. The predicted molar refractivity (Wildman–Crippen MR) is 78.8 cm³/mol. The summed E-state index contributed by atoms with van der Waals surface area (Å²) in [5.74, 6) is 1.75. The Morgan fingerprint density at radius 1 is 1.17 bits per heavy atom. The van der Waals surface area contributed by atoms with Gasteiger partial charge in [-0.25, -0.2) is 0 Å². The quantitative estimate of drug-likeness (QED) is 0.827. The highest BCUT2D eigenvalue weighted by Gasteiger charge is 2.45. The minimum absolute atomic E-state index is 0.467. The Balaban J connectivity index is 2.03. The van der Waals surface area contributed by atoms with Crippen LogP contribution in [-0.4, -0.2) is 36.6 Å². The van der Waals surface area contributed by atoms with Gasteiger partial charge in [-0.2, -0.15) is 0 Å². The van der Waals surface area contributed by atoms with E-state index in [1.165, 1.54) is 38.9 Å². The van der Waals surface area contributed by atoms with Crippen molar-refractivity contribution < 1.29 is 0 Å². The Kier molecular flexibility index (Phi) is 4.38. The molecule has 0 aromatic carbocycles. The summed E-state index contributed by atoms with van der Waals surface area (Å²) in [5, 5.41) is 3.84. The molecule has 0 aromatic heterocycles. The zero-order chi connectivity index (χ0) is 13.3. The number of nitrogens with zero attached hydrogens (tertiary/aromatic N) is 1. The molecule has 2 heteroatoms. The van der Waals surface area contributed by atoms with Crippen LogP contribution in [-0.2, 0) is 0 Å². The van der Waals surface area contributed by atoms with Gasteiger partial charge in [0.2, 0.25) is 0 Å². The van der Waals surface area contributed by atoms with E-state index in [0.717, 1.165) is 17.9 Å². The molecular formula is C16H32N2. The minimum atomic E-state index is 0.467. The fourth-order valence-corrected chi connectivity index (χ4v) is 3.91. The third-order valence-corrected chi connectivity index (χ3v) is 5.41. The van der Waals surface area contributed by atoms with Crippen LogP contribution < -0.4 is 5.32 Å². The van der Waals surface area contributed by atoms with Gasteiger partial charge in [-0.1, -0.05) is 34.6 Å². The van der Waals surface area contributed by atoms with Crippen molar-refractivity contribution in [1.29, 1.82) is 0 Å². The number of hydrogen-bond donors (Lipinski definition) is 1. The maximum absolute atomic E-state index is 3.84. The molecule has 2 fully saturated rings. The van der Waals surface area contributed by atoms with Crippen molar-refractivity contribution in [2.24, 2.45) is 17.3 Å². The maximum Gasteiger partial charge on any atom is 0.0274 e. The second-order valence-corrected chi connectivity index (χ2v) is 7.43. The average molecular weight is 252 g/mol. The summed E-state index contributed by atoms with van der Waals surface area (Å²) in [6.45, 7) is 15.8. The first-order valence-corrected chi connectivity index (χ1v) is 7.93. The number of nitrogens with one attached hydrogen (secondary N) is 1. The van der Waals surface area contributed by atoms with E-state index in [0.29, 0.717) is 11.5 Å².